The summed E-state index contributed by atoms with van der Waals surface area (Å²) in [5.74, 6) is 2.90. The van der Waals surface area contributed by atoms with Gasteiger partial charge in [-0.15, -0.1) is 0 Å². The van der Waals surface area contributed by atoms with Crippen LogP contribution in [-0.2, 0) is 16.6 Å². The number of benzene rings is 1. The first kappa shape index (κ1) is 20.5. The molecule has 1 saturated heterocycles. The number of fused-ring (bicyclic) bond motifs is 1. The van der Waals surface area contributed by atoms with Gasteiger partial charge < -0.3 is 24.5 Å². The Morgan fingerprint density at radius 1 is 1.09 bits per heavy atom. The molecule has 2 aliphatic heterocycles. The second-order valence-corrected chi connectivity index (χ2v) is 8.19. The van der Waals surface area contributed by atoms with Gasteiger partial charge in [-0.05, 0) is 49.1 Å². The second kappa shape index (κ2) is 8.63. The fourth-order valence-electron chi connectivity index (χ4n) is 4.28. The van der Waals surface area contributed by atoms with E-state index >= 15 is 0 Å². The lowest BCUT2D eigenvalue weighted by Crippen LogP contribution is -2.40. The molecule has 8 heteroatoms. The highest BCUT2D eigenvalue weighted by molar-refractivity contribution is 5.56. The number of rotatable bonds is 6. The van der Waals surface area contributed by atoms with Crippen LogP contribution in [0, 0.1) is 0 Å². The van der Waals surface area contributed by atoms with E-state index in [4.69, 9.17) is 14.2 Å². The number of nitrogens with zero attached hydrogens (tertiary/aromatic N) is 2. The highest BCUT2D eigenvalue weighted by Crippen LogP contribution is 2.41. The zero-order valence-corrected chi connectivity index (χ0v) is 18.0. The summed E-state index contributed by atoms with van der Waals surface area (Å²) in [7, 11) is 0. The number of pyridine rings is 1. The summed E-state index contributed by atoms with van der Waals surface area (Å²) in [5, 5.41) is 3.50. The number of nitrogens with one attached hydrogen (secondary N) is 2. The van der Waals surface area contributed by atoms with Crippen molar-refractivity contribution < 1.29 is 14.2 Å². The molecule has 0 unspecified atom stereocenters. The highest BCUT2D eigenvalue weighted by atomic mass is 16.7. The molecule has 0 aliphatic carbocycles. The Labute approximate surface area is 186 Å². The molecule has 5 rings (SSSR count). The van der Waals surface area contributed by atoms with Crippen molar-refractivity contribution >= 4 is 5.82 Å². The van der Waals surface area contributed by atoms with Crippen molar-refractivity contribution in [1.82, 2.24) is 15.0 Å². The predicted octanol–water partition coefficient (Wildman–Crippen LogP) is 3.28. The molecule has 1 aromatic carbocycles. The smallest absolute Gasteiger partial charge is 0.251 e. The molecule has 3 aromatic rings. The number of hydrogen-bond acceptors (Lipinski definition) is 7. The van der Waals surface area contributed by atoms with Gasteiger partial charge in [-0.2, -0.15) is 0 Å². The van der Waals surface area contributed by atoms with Gasteiger partial charge in [0.25, 0.3) is 5.56 Å². The van der Waals surface area contributed by atoms with Gasteiger partial charge in [-0.25, -0.2) is 9.97 Å². The molecule has 2 aromatic heterocycles. The summed E-state index contributed by atoms with van der Waals surface area (Å²) < 4.78 is 16.7. The van der Waals surface area contributed by atoms with E-state index < -0.39 is 0 Å². The maximum absolute atomic E-state index is 11.9. The van der Waals surface area contributed by atoms with Crippen molar-refractivity contribution in [3.8, 4) is 22.9 Å². The van der Waals surface area contributed by atoms with Gasteiger partial charge in [-0.1, -0.05) is 13.0 Å². The average Bonchev–Trinajstić information content (AvgIpc) is 3.31. The van der Waals surface area contributed by atoms with Gasteiger partial charge in [0.15, 0.2) is 11.5 Å². The lowest BCUT2D eigenvalue weighted by atomic mass is 9.74. The fourth-order valence-corrected chi connectivity index (χ4v) is 4.28. The van der Waals surface area contributed by atoms with Crippen molar-refractivity contribution in [1.29, 1.82) is 0 Å². The molecule has 2 aliphatic rings. The monoisotopic (exact) mass is 434 g/mol. The largest absolute Gasteiger partial charge is 0.454 e. The molecule has 8 nitrogen and oxygen atoms in total. The molecule has 0 atom stereocenters. The number of anilines is 1. The maximum Gasteiger partial charge on any atom is 0.251 e. The van der Waals surface area contributed by atoms with Crippen molar-refractivity contribution in [3.05, 3.63) is 64.2 Å². The van der Waals surface area contributed by atoms with Crippen LogP contribution >= 0.6 is 0 Å². The number of ether oxygens (including phenoxy) is 3. The topological polar surface area (TPSA) is 98.4 Å². The Bertz CT molecular complexity index is 1150. The Kier molecular flexibility index (Phi) is 5.53. The first-order chi connectivity index (χ1) is 15.6. The van der Waals surface area contributed by atoms with E-state index in [-0.39, 0.29) is 17.8 Å². The first-order valence-corrected chi connectivity index (χ1v) is 10.9. The summed E-state index contributed by atoms with van der Waals surface area (Å²) in [5.41, 5.74) is 2.52. The molecule has 2 N–H and O–H groups in total. The number of aromatic amines is 1. The predicted molar refractivity (Wildman–Crippen MR) is 120 cm³/mol. The lowest BCUT2D eigenvalue weighted by Gasteiger charge is -2.38. The molecule has 0 bridgehead atoms. The molecule has 166 valence electrons. The van der Waals surface area contributed by atoms with Crippen LogP contribution in [0.1, 0.15) is 31.0 Å². The zero-order chi connectivity index (χ0) is 22.0. The summed E-state index contributed by atoms with van der Waals surface area (Å²) in [6.45, 7) is 4.40. The highest BCUT2D eigenvalue weighted by Gasteiger charge is 2.35. The Balaban J connectivity index is 1.35. The molecule has 0 saturated carbocycles. The van der Waals surface area contributed by atoms with Crippen molar-refractivity contribution in [3.63, 3.8) is 0 Å². The molecular weight excluding hydrogens is 408 g/mol. The number of H-pyrrole nitrogens is 1. The van der Waals surface area contributed by atoms with E-state index in [1.54, 1.807) is 6.20 Å². The van der Waals surface area contributed by atoms with Crippen LogP contribution in [0.4, 0.5) is 5.82 Å². The summed E-state index contributed by atoms with van der Waals surface area (Å²) in [6.07, 6.45) is 4.26. The number of aromatic nitrogens is 3. The van der Waals surface area contributed by atoms with E-state index in [1.807, 2.05) is 25.1 Å². The van der Waals surface area contributed by atoms with E-state index in [1.165, 1.54) is 11.6 Å². The lowest BCUT2D eigenvalue weighted by molar-refractivity contribution is 0.0543. The summed E-state index contributed by atoms with van der Waals surface area (Å²) in [4.78, 5) is 23.7. The van der Waals surface area contributed by atoms with Crippen LogP contribution in [0.3, 0.4) is 0 Å². The number of hydrogen-bond donors (Lipinski definition) is 2. The Morgan fingerprint density at radius 3 is 2.72 bits per heavy atom. The standard InChI is InChI=1S/C24H26N4O4/c1-2-18-12-22(29)28-23(27-18)16-3-6-21(25-13-16)26-14-24(7-9-30-10-8-24)17-4-5-19-20(11-17)32-15-31-19/h3-6,11-13H,2,7-10,14-15H2,1H3,(H,25,26)(H,27,28,29). The zero-order valence-electron chi connectivity index (χ0n) is 18.0. The molecule has 0 amide bonds. The summed E-state index contributed by atoms with van der Waals surface area (Å²) in [6, 6.07) is 11.6. The third kappa shape index (κ3) is 4.05. The molecule has 0 radical (unpaired) electrons. The average molecular weight is 434 g/mol. The SMILES string of the molecule is CCc1cc(=O)[nH]c(-c2ccc(NCC3(c4ccc5c(c4)OCO5)CCOCC3)nc2)n1. The minimum Gasteiger partial charge on any atom is -0.454 e. The molecule has 4 heterocycles. The summed E-state index contributed by atoms with van der Waals surface area (Å²) >= 11 is 0. The van der Waals surface area contributed by atoms with Gasteiger partial charge in [0.1, 0.15) is 11.6 Å². The second-order valence-electron chi connectivity index (χ2n) is 8.19. The van der Waals surface area contributed by atoms with E-state index in [0.29, 0.717) is 12.2 Å². The molecular formula is C24H26N4O4. The van der Waals surface area contributed by atoms with Gasteiger partial charge >= 0.3 is 0 Å². The first-order valence-electron chi connectivity index (χ1n) is 10.9. The third-order valence-corrected chi connectivity index (χ3v) is 6.24. The Hall–Kier alpha value is -3.39. The van der Waals surface area contributed by atoms with Crippen LogP contribution in [-0.4, -0.2) is 41.5 Å². The Morgan fingerprint density at radius 2 is 1.94 bits per heavy atom. The van der Waals surface area contributed by atoms with Gasteiger partial charge in [0.05, 0.1) is 0 Å². The minimum absolute atomic E-state index is 0.0815. The molecule has 0 spiro atoms. The van der Waals surface area contributed by atoms with E-state index in [2.05, 4.69) is 32.4 Å². The van der Waals surface area contributed by atoms with Gasteiger partial charge in [-0.3, -0.25) is 4.79 Å². The van der Waals surface area contributed by atoms with Crippen LogP contribution < -0.4 is 20.3 Å². The van der Waals surface area contributed by atoms with Crippen LogP contribution in [0.5, 0.6) is 11.5 Å². The van der Waals surface area contributed by atoms with Gasteiger partial charge in [0.2, 0.25) is 6.79 Å². The van der Waals surface area contributed by atoms with Crippen LogP contribution in [0.2, 0.25) is 0 Å². The van der Waals surface area contributed by atoms with E-state index in [9.17, 15) is 4.79 Å². The fraction of sp³-hybridized carbons (Fsp3) is 0.375. The van der Waals surface area contributed by atoms with Crippen LogP contribution in [0.15, 0.2) is 47.4 Å². The van der Waals surface area contributed by atoms with E-state index in [0.717, 1.165) is 61.2 Å². The maximum atomic E-state index is 11.9. The van der Waals surface area contributed by atoms with Crippen molar-refractivity contribution in [2.45, 2.75) is 31.6 Å². The normalized spacial score (nSPS) is 16.7. The molecule has 32 heavy (non-hydrogen) atoms. The quantitative estimate of drug-likeness (QED) is 0.614. The van der Waals surface area contributed by atoms with Crippen molar-refractivity contribution in [2.75, 3.05) is 31.9 Å². The van der Waals surface area contributed by atoms with Crippen molar-refractivity contribution in [2.24, 2.45) is 0 Å². The number of aryl methyl sites for hydroxylation is 1. The van der Waals surface area contributed by atoms with Gasteiger partial charge in [0, 0.05) is 48.7 Å². The minimum atomic E-state index is -0.153. The van der Waals surface area contributed by atoms with Crippen LogP contribution in [0.25, 0.3) is 11.4 Å². The third-order valence-electron chi connectivity index (χ3n) is 6.24. The molecule has 1 fully saturated rings.